The summed E-state index contributed by atoms with van der Waals surface area (Å²) in [5.41, 5.74) is 9.15. The van der Waals surface area contributed by atoms with Crippen molar-refractivity contribution >= 4 is 0 Å². The van der Waals surface area contributed by atoms with Gasteiger partial charge in [-0.1, -0.05) is 32.0 Å². The van der Waals surface area contributed by atoms with Crippen molar-refractivity contribution in [2.45, 2.75) is 38.8 Å². The third-order valence-corrected chi connectivity index (χ3v) is 3.24. The van der Waals surface area contributed by atoms with Crippen molar-refractivity contribution in [1.29, 1.82) is 0 Å². The van der Waals surface area contributed by atoms with Gasteiger partial charge in [-0.25, -0.2) is 0 Å². The Kier molecular flexibility index (Phi) is 5.12. The molecule has 1 aromatic rings. The third-order valence-electron chi connectivity index (χ3n) is 3.24. The first kappa shape index (κ1) is 14.2. The molecule has 0 saturated heterocycles. The largest absolute Gasteiger partial charge is 0.390 e. The molecule has 0 amide bonds. The normalized spacial score (nSPS) is 15.0. The molecule has 1 rings (SSSR count). The summed E-state index contributed by atoms with van der Waals surface area (Å²) in [4.78, 5) is 0. The zero-order valence-corrected chi connectivity index (χ0v) is 11.2. The molecule has 0 aliphatic rings. The van der Waals surface area contributed by atoms with E-state index in [0.29, 0.717) is 5.92 Å². The van der Waals surface area contributed by atoms with E-state index in [2.05, 4.69) is 44.3 Å². The molecular weight excluding hydrogens is 212 g/mol. The molecule has 1 aromatic carbocycles. The lowest BCUT2D eigenvalue weighted by atomic mass is 9.92. The number of aryl methyl sites for hydroxylation is 1. The summed E-state index contributed by atoms with van der Waals surface area (Å²) in [6.07, 6.45) is -0.555. The molecule has 0 aliphatic heterocycles. The van der Waals surface area contributed by atoms with Gasteiger partial charge in [0.15, 0.2) is 0 Å². The molecule has 0 aromatic heterocycles. The van der Waals surface area contributed by atoms with Crippen molar-refractivity contribution in [1.82, 2.24) is 5.32 Å². The molecule has 4 N–H and O–H groups in total. The van der Waals surface area contributed by atoms with Gasteiger partial charge < -0.3 is 16.2 Å². The minimum Gasteiger partial charge on any atom is -0.390 e. The van der Waals surface area contributed by atoms with Gasteiger partial charge in [0.25, 0.3) is 0 Å². The number of aliphatic hydroxyl groups excluding tert-OH is 1. The van der Waals surface area contributed by atoms with Crippen molar-refractivity contribution in [2.24, 2.45) is 5.73 Å². The number of hydrogen-bond acceptors (Lipinski definition) is 3. The predicted molar refractivity (Wildman–Crippen MR) is 72.1 cm³/mol. The summed E-state index contributed by atoms with van der Waals surface area (Å²) in [5.74, 6) is 0.488. The number of nitrogens with two attached hydrogens (primary N) is 1. The van der Waals surface area contributed by atoms with Crippen molar-refractivity contribution in [3.8, 4) is 0 Å². The molecular formula is C14H24N2O. The maximum Gasteiger partial charge on any atom is 0.0856 e. The van der Waals surface area contributed by atoms with Crippen LogP contribution in [0.15, 0.2) is 18.2 Å². The van der Waals surface area contributed by atoms with E-state index in [-0.39, 0.29) is 12.6 Å². The van der Waals surface area contributed by atoms with Crippen molar-refractivity contribution < 1.29 is 5.11 Å². The average molecular weight is 236 g/mol. The first-order valence-electron chi connectivity index (χ1n) is 6.17. The Morgan fingerprint density at radius 1 is 1.35 bits per heavy atom. The van der Waals surface area contributed by atoms with Crippen LogP contribution in [0.3, 0.4) is 0 Å². The lowest BCUT2D eigenvalue weighted by Gasteiger charge is -2.24. The van der Waals surface area contributed by atoms with Crippen LogP contribution in [0.5, 0.6) is 0 Å². The molecule has 0 saturated carbocycles. The fourth-order valence-corrected chi connectivity index (χ4v) is 2.04. The number of aliphatic hydroxyl groups is 1. The minimum absolute atomic E-state index is 0.0984. The maximum absolute atomic E-state index is 9.94. The van der Waals surface area contributed by atoms with Gasteiger partial charge in [0.2, 0.25) is 0 Å². The van der Waals surface area contributed by atoms with Crippen LogP contribution < -0.4 is 11.1 Å². The van der Waals surface area contributed by atoms with Crippen molar-refractivity contribution in [2.75, 3.05) is 13.6 Å². The summed E-state index contributed by atoms with van der Waals surface area (Å²) >= 11 is 0. The molecule has 3 heteroatoms. The highest BCUT2D eigenvalue weighted by Crippen LogP contribution is 2.25. The fourth-order valence-electron chi connectivity index (χ4n) is 2.04. The van der Waals surface area contributed by atoms with Crippen LogP contribution in [0.2, 0.25) is 0 Å². The summed E-state index contributed by atoms with van der Waals surface area (Å²) in [6, 6.07) is 6.32. The SMILES string of the molecule is CNC(c1cc(C(C)C)ccc1C)C(O)CN. The van der Waals surface area contributed by atoms with Gasteiger partial charge in [0.05, 0.1) is 12.1 Å². The van der Waals surface area contributed by atoms with Gasteiger partial charge >= 0.3 is 0 Å². The predicted octanol–water partition coefficient (Wildman–Crippen LogP) is 1.70. The molecule has 0 radical (unpaired) electrons. The second-order valence-corrected chi connectivity index (χ2v) is 4.84. The number of benzene rings is 1. The van der Waals surface area contributed by atoms with Gasteiger partial charge in [-0.15, -0.1) is 0 Å². The molecule has 0 fully saturated rings. The summed E-state index contributed by atoms with van der Waals surface area (Å²) in [5, 5.41) is 13.1. The lowest BCUT2D eigenvalue weighted by Crippen LogP contribution is -2.35. The van der Waals surface area contributed by atoms with E-state index in [1.54, 1.807) is 0 Å². The lowest BCUT2D eigenvalue weighted by molar-refractivity contribution is 0.139. The van der Waals surface area contributed by atoms with E-state index < -0.39 is 6.10 Å². The van der Waals surface area contributed by atoms with Crippen LogP contribution in [0.25, 0.3) is 0 Å². The Balaban J connectivity index is 3.13. The third kappa shape index (κ3) is 3.28. The summed E-state index contributed by atoms with van der Waals surface area (Å²) in [7, 11) is 1.85. The molecule has 0 spiro atoms. The van der Waals surface area contributed by atoms with E-state index in [1.165, 1.54) is 11.1 Å². The molecule has 2 unspecified atom stereocenters. The Bertz CT molecular complexity index is 363. The highest BCUT2D eigenvalue weighted by Gasteiger charge is 2.20. The van der Waals surface area contributed by atoms with E-state index in [1.807, 2.05) is 7.05 Å². The van der Waals surface area contributed by atoms with E-state index in [4.69, 9.17) is 5.73 Å². The Hall–Kier alpha value is -0.900. The highest BCUT2D eigenvalue weighted by molar-refractivity contribution is 5.35. The first-order chi connectivity index (χ1) is 8.01. The molecule has 0 bridgehead atoms. The van der Waals surface area contributed by atoms with E-state index in [9.17, 15) is 5.11 Å². The molecule has 17 heavy (non-hydrogen) atoms. The van der Waals surface area contributed by atoms with Crippen LogP contribution in [-0.4, -0.2) is 24.8 Å². The van der Waals surface area contributed by atoms with E-state index >= 15 is 0 Å². The second kappa shape index (κ2) is 6.15. The van der Waals surface area contributed by atoms with Crippen LogP contribution >= 0.6 is 0 Å². The van der Waals surface area contributed by atoms with Gasteiger partial charge in [-0.2, -0.15) is 0 Å². The monoisotopic (exact) mass is 236 g/mol. The maximum atomic E-state index is 9.94. The van der Waals surface area contributed by atoms with Crippen molar-refractivity contribution in [3.63, 3.8) is 0 Å². The molecule has 0 heterocycles. The number of likely N-dealkylation sites (N-methyl/N-ethyl adjacent to an activating group) is 1. The molecule has 2 atom stereocenters. The molecule has 0 aliphatic carbocycles. The van der Waals surface area contributed by atoms with Crippen LogP contribution in [0, 0.1) is 6.92 Å². The molecule has 3 nitrogen and oxygen atoms in total. The highest BCUT2D eigenvalue weighted by atomic mass is 16.3. The van der Waals surface area contributed by atoms with Crippen LogP contribution in [0.1, 0.15) is 42.5 Å². The zero-order valence-electron chi connectivity index (χ0n) is 11.2. The fraction of sp³-hybridized carbons (Fsp3) is 0.571. The summed E-state index contributed by atoms with van der Waals surface area (Å²) < 4.78 is 0. The number of nitrogens with one attached hydrogen (secondary N) is 1. The van der Waals surface area contributed by atoms with Crippen molar-refractivity contribution in [3.05, 3.63) is 34.9 Å². The average Bonchev–Trinajstić information content (AvgIpc) is 2.31. The topological polar surface area (TPSA) is 58.3 Å². The zero-order chi connectivity index (χ0) is 13.0. The minimum atomic E-state index is -0.555. The van der Waals surface area contributed by atoms with Gasteiger partial charge in [0, 0.05) is 6.54 Å². The van der Waals surface area contributed by atoms with Gasteiger partial charge in [-0.3, -0.25) is 0 Å². The Morgan fingerprint density at radius 3 is 2.47 bits per heavy atom. The second-order valence-electron chi connectivity index (χ2n) is 4.84. The smallest absolute Gasteiger partial charge is 0.0856 e. The molecule has 96 valence electrons. The van der Waals surface area contributed by atoms with Gasteiger partial charge in [-0.05, 0) is 36.6 Å². The summed E-state index contributed by atoms with van der Waals surface area (Å²) in [6.45, 7) is 6.66. The van der Waals surface area contributed by atoms with Gasteiger partial charge in [0.1, 0.15) is 0 Å². The Morgan fingerprint density at radius 2 is 2.00 bits per heavy atom. The first-order valence-corrected chi connectivity index (χ1v) is 6.17. The van der Waals surface area contributed by atoms with Crippen LogP contribution in [-0.2, 0) is 0 Å². The quantitative estimate of drug-likeness (QED) is 0.729. The standard InChI is InChI=1S/C14H24N2O/c1-9(2)11-6-5-10(3)12(7-11)14(16-4)13(17)8-15/h5-7,9,13-14,16-17H,8,15H2,1-4H3. The van der Waals surface area contributed by atoms with Crippen LogP contribution in [0.4, 0.5) is 0 Å². The van der Waals surface area contributed by atoms with E-state index in [0.717, 1.165) is 5.56 Å². The Labute approximate surface area is 104 Å². The number of rotatable bonds is 5. The number of hydrogen-bond donors (Lipinski definition) is 3.